The highest BCUT2D eigenvalue weighted by Crippen LogP contribution is 2.30. The lowest BCUT2D eigenvalue weighted by atomic mass is 9.95. The van der Waals surface area contributed by atoms with Crippen LogP contribution in [0.4, 0.5) is 14.5 Å². The summed E-state index contributed by atoms with van der Waals surface area (Å²) >= 11 is 0. The van der Waals surface area contributed by atoms with Crippen LogP contribution in [0.3, 0.4) is 0 Å². The van der Waals surface area contributed by atoms with Crippen molar-refractivity contribution in [2.45, 2.75) is 30.4 Å². The lowest BCUT2D eigenvalue weighted by Crippen LogP contribution is -2.40. The van der Waals surface area contributed by atoms with Crippen molar-refractivity contribution in [3.63, 3.8) is 0 Å². The average molecular weight is 450 g/mol. The summed E-state index contributed by atoms with van der Waals surface area (Å²) in [5, 5.41) is 17.7. The predicted octanol–water partition coefficient (Wildman–Crippen LogP) is 2.27. The van der Waals surface area contributed by atoms with Crippen LogP contribution in [-0.4, -0.2) is 39.9 Å². The number of nitrogens with one attached hydrogen (secondary N) is 1. The normalized spacial score (nSPS) is 13.5. The number of benzene rings is 2. The van der Waals surface area contributed by atoms with Gasteiger partial charge in [-0.05, 0) is 30.3 Å². The van der Waals surface area contributed by atoms with Crippen molar-refractivity contribution in [1.29, 1.82) is 0 Å². The molecule has 1 atom stereocenters. The number of halogens is 2. The molecule has 0 aliphatic carbocycles. The SMILES string of the molecule is CCC(=O)Nc1ccc(S(=O)(=O)CC(O)(Cn2cncn2)c2ccc(F)cc2F)cc1. The smallest absolute Gasteiger partial charge is 0.224 e. The van der Waals surface area contributed by atoms with Crippen LogP contribution in [-0.2, 0) is 26.8 Å². The fourth-order valence-electron chi connectivity index (χ4n) is 3.05. The summed E-state index contributed by atoms with van der Waals surface area (Å²) in [5.74, 6) is -3.08. The number of rotatable bonds is 8. The first-order chi connectivity index (χ1) is 14.6. The van der Waals surface area contributed by atoms with Gasteiger partial charge >= 0.3 is 0 Å². The Balaban J connectivity index is 1.95. The lowest BCUT2D eigenvalue weighted by Gasteiger charge is -2.28. The number of carbonyl (C=O) groups excluding carboxylic acids is 1. The number of aliphatic hydroxyl groups is 1. The van der Waals surface area contributed by atoms with Crippen LogP contribution in [0.1, 0.15) is 18.9 Å². The molecule has 2 aromatic carbocycles. The molecule has 1 heterocycles. The standard InChI is InChI=1S/C20H20F2N4O4S/c1-2-19(27)25-15-4-6-16(7-5-15)31(29,30)11-20(28,10-26-13-23-12-24-26)17-8-3-14(21)9-18(17)22/h3-9,12-13,28H,2,10-11H2,1H3,(H,25,27). The van der Waals surface area contributed by atoms with E-state index in [1.165, 1.54) is 36.9 Å². The van der Waals surface area contributed by atoms with Gasteiger partial charge in [0.1, 0.15) is 29.9 Å². The molecule has 0 saturated heterocycles. The van der Waals surface area contributed by atoms with Gasteiger partial charge in [-0.3, -0.25) is 4.79 Å². The van der Waals surface area contributed by atoms with Crippen molar-refractivity contribution in [3.05, 3.63) is 72.3 Å². The Morgan fingerprint density at radius 1 is 1.19 bits per heavy atom. The minimum Gasteiger partial charge on any atom is -0.382 e. The number of nitrogens with zero attached hydrogens (tertiary/aromatic N) is 3. The molecule has 0 fully saturated rings. The number of amides is 1. The third-order valence-corrected chi connectivity index (χ3v) is 6.42. The Bertz CT molecular complexity index is 1170. The quantitative estimate of drug-likeness (QED) is 0.544. The molecule has 1 amide bonds. The Morgan fingerprint density at radius 3 is 2.48 bits per heavy atom. The molecule has 3 rings (SSSR count). The van der Waals surface area contributed by atoms with E-state index in [0.717, 1.165) is 16.8 Å². The van der Waals surface area contributed by atoms with Crippen molar-refractivity contribution in [1.82, 2.24) is 14.8 Å². The van der Waals surface area contributed by atoms with Gasteiger partial charge < -0.3 is 10.4 Å². The fourth-order valence-corrected chi connectivity index (χ4v) is 4.64. The van der Waals surface area contributed by atoms with E-state index in [-0.39, 0.29) is 22.8 Å². The van der Waals surface area contributed by atoms with Gasteiger partial charge in [-0.25, -0.2) is 26.9 Å². The van der Waals surface area contributed by atoms with Gasteiger partial charge in [-0.1, -0.05) is 13.0 Å². The van der Waals surface area contributed by atoms with Crippen LogP contribution in [0.2, 0.25) is 0 Å². The number of carbonyl (C=O) groups is 1. The zero-order valence-corrected chi connectivity index (χ0v) is 17.3. The Hall–Kier alpha value is -3.18. The van der Waals surface area contributed by atoms with Gasteiger partial charge in [0.25, 0.3) is 0 Å². The highest BCUT2D eigenvalue weighted by molar-refractivity contribution is 7.91. The van der Waals surface area contributed by atoms with Crippen LogP contribution in [0, 0.1) is 11.6 Å². The largest absolute Gasteiger partial charge is 0.382 e. The molecule has 8 nitrogen and oxygen atoms in total. The second-order valence-electron chi connectivity index (χ2n) is 6.93. The van der Waals surface area contributed by atoms with E-state index < -0.39 is 39.4 Å². The molecule has 3 aromatic rings. The van der Waals surface area contributed by atoms with E-state index in [1.807, 2.05) is 0 Å². The first-order valence-corrected chi connectivity index (χ1v) is 10.9. The Labute approximate surface area is 177 Å². The van der Waals surface area contributed by atoms with E-state index in [4.69, 9.17) is 0 Å². The minimum atomic E-state index is -4.13. The van der Waals surface area contributed by atoms with Gasteiger partial charge in [0.15, 0.2) is 9.84 Å². The van der Waals surface area contributed by atoms with E-state index in [2.05, 4.69) is 15.4 Å². The van der Waals surface area contributed by atoms with E-state index in [1.54, 1.807) is 6.92 Å². The molecule has 0 aliphatic heterocycles. The summed E-state index contributed by atoms with van der Waals surface area (Å²) in [6, 6.07) is 7.88. The first-order valence-electron chi connectivity index (χ1n) is 9.26. The van der Waals surface area contributed by atoms with Crippen LogP contribution in [0.15, 0.2) is 60.0 Å². The van der Waals surface area contributed by atoms with Crippen LogP contribution < -0.4 is 5.32 Å². The highest BCUT2D eigenvalue weighted by atomic mass is 32.2. The Morgan fingerprint density at radius 2 is 1.90 bits per heavy atom. The van der Waals surface area contributed by atoms with Crippen molar-refractivity contribution >= 4 is 21.4 Å². The maximum Gasteiger partial charge on any atom is 0.224 e. The van der Waals surface area contributed by atoms with Gasteiger partial charge in [-0.2, -0.15) is 5.10 Å². The number of sulfone groups is 1. The van der Waals surface area contributed by atoms with Crippen LogP contribution in [0.25, 0.3) is 0 Å². The van der Waals surface area contributed by atoms with Gasteiger partial charge in [-0.15, -0.1) is 0 Å². The number of hydrogen-bond donors (Lipinski definition) is 2. The molecule has 1 aromatic heterocycles. The molecule has 0 saturated carbocycles. The van der Waals surface area contributed by atoms with Gasteiger partial charge in [0.2, 0.25) is 5.91 Å². The lowest BCUT2D eigenvalue weighted by molar-refractivity contribution is -0.115. The molecule has 0 radical (unpaired) electrons. The summed E-state index contributed by atoms with van der Waals surface area (Å²) in [6.07, 6.45) is 2.68. The van der Waals surface area contributed by atoms with Gasteiger partial charge in [0, 0.05) is 23.7 Å². The van der Waals surface area contributed by atoms with E-state index in [9.17, 15) is 27.1 Å². The van der Waals surface area contributed by atoms with Crippen LogP contribution >= 0.6 is 0 Å². The summed E-state index contributed by atoms with van der Waals surface area (Å²) in [7, 11) is -4.13. The van der Waals surface area contributed by atoms with E-state index in [0.29, 0.717) is 11.8 Å². The van der Waals surface area contributed by atoms with Crippen LogP contribution in [0.5, 0.6) is 0 Å². The summed E-state index contributed by atoms with van der Waals surface area (Å²) in [5.41, 5.74) is -2.24. The molecule has 2 N–H and O–H groups in total. The van der Waals surface area contributed by atoms with Crippen molar-refractivity contribution in [2.24, 2.45) is 0 Å². The molecule has 0 bridgehead atoms. The monoisotopic (exact) mass is 450 g/mol. The van der Waals surface area contributed by atoms with Crippen molar-refractivity contribution < 1.29 is 27.1 Å². The second-order valence-corrected chi connectivity index (χ2v) is 8.92. The van der Waals surface area contributed by atoms with Crippen molar-refractivity contribution in [2.75, 3.05) is 11.1 Å². The number of hydrogen-bond acceptors (Lipinski definition) is 6. The summed E-state index contributed by atoms with van der Waals surface area (Å²) < 4.78 is 55.1. The molecule has 164 valence electrons. The predicted molar refractivity (Wildman–Crippen MR) is 108 cm³/mol. The molecular formula is C20H20F2N4O4S. The number of anilines is 1. The maximum atomic E-state index is 14.5. The summed E-state index contributed by atoms with van der Waals surface area (Å²) in [4.78, 5) is 15.1. The van der Waals surface area contributed by atoms with Gasteiger partial charge in [0.05, 0.1) is 17.2 Å². The number of aromatic nitrogens is 3. The fraction of sp³-hybridized carbons (Fsp3) is 0.250. The maximum absolute atomic E-state index is 14.5. The molecule has 0 aliphatic rings. The zero-order chi connectivity index (χ0) is 22.6. The first kappa shape index (κ1) is 22.5. The van der Waals surface area contributed by atoms with E-state index >= 15 is 0 Å². The molecule has 31 heavy (non-hydrogen) atoms. The zero-order valence-electron chi connectivity index (χ0n) is 16.5. The highest BCUT2D eigenvalue weighted by Gasteiger charge is 2.39. The third kappa shape index (κ3) is 5.30. The average Bonchev–Trinajstić information content (AvgIpc) is 3.20. The molecule has 1 unspecified atom stereocenters. The molecule has 0 spiro atoms. The third-order valence-electron chi connectivity index (χ3n) is 4.57. The topological polar surface area (TPSA) is 114 Å². The van der Waals surface area contributed by atoms with Crippen molar-refractivity contribution in [3.8, 4) is 0 Å². The summed E-state index contributed by atoms with van der Waals surface area (Å²) in [6.45, 7) is 1.25. The molecular weight excluding hydrogens is 430 g/mol. The second kappa shape index (κ2) is 8.90. The Kier molecular flexibility index (Phi) is 6.46. The minimum absolute atomic E-state index is 0.137. The molecule has 11 heteroatoms.